The Morgan fingerprint density at radius 1 is 1.22 bits per heavy atom. The Labute approximate surface area is 223 Å². The van der Waals surface area contributed by atoms with Gasteiger partial charge in [0.2, 0.25) is 5.28 Å². The van der Waals surface area contributed by atoms with Gasteiger partial charge in [-0.05, 0) is 68.8 Å². The number of anilines is 1. The van der Waals surface area contributed by atoms with Gasteiger partial charge in [-0.15, -0.1) is 0 Å². The van der Waals surface area contributed by atoms with E-state index in [0.29, 0.717) is 31.8 Å². The largest absolute Gasteiger partial charge is 0.380 e. The van der Waals surface area contributed by atoms with Crippen molar-refractivity contribution >= 4 is 24.2 Å². The normalized spacial score (nSPS) is 15.3. The molecule has 3 rings (SSSR count). The topological polar surface area (TPSA) is 85.4 Å². The molecule has 0 radical (unpaired) electrons. The first-order valence-corrected chi connectivity index (χ1v) is 13.2. The van der Waals surface area contributed by atoms with Crippen LogP contribution in [-0.4, -0.2) is 56.3 Å². The second-order valence-corrected chi connectivity index (χ2v) is 9.16. The molecule has 1 aliphatic heterocycles. The van der Waals surface area contributed by atoms with E-state index in [-0.39, 0.29) is 10.8 Å². The van der Waals surface area contributed by atoms with Crippen LogP contribution in [0.1, 0.15) is 61.4 Å². The summed E-state index contributed by atoms with van der Waals surface area (Å²) in [7, 11) is 1.91. The van der Waals surface area contributed by atoms with Crippen LogP contribution in [0.25, 0.3) is 0 Å². The van der Waals surface area contributed by atoms with Gasteiger partial charge in [-0.3, -0.25) is 0 Å². The van der Waals surface area contributed by atoms with E-state index in [1.807, 2.05) is 19.9 Å². The monoisotopic (exact) mass is 540 g/mol. The highest BCUT2D eigenvalue weighted by atomic mass is 35.5. The average Bonchev–Trinajstić information content (AvgIpc) is 3.46. The molecule has 1 unspecified atom stereocenters. The summed E-state index contributed by atoms with van der Waals surface area (Å²) in [6.07, 6.45) is 4.57. The maximum atomic E-state index is 14.9. The van der Waals surface area contributed by atoms with Crippen molar-refractivity contribution in [2.45, 2.75) is 70.4 Å². The highest BCUT2D eigenvalue weighted by Crippen LogP contribution is 2.38. The summed E-state index contributed by atoms with van der Waals surface area (Å²) in [6, 6.07) is 6.50. The number of hydrogen-bond donors (Lipinski definition) is 2. The zero-order chi connectivity index (χ0) is 27.1. The summed E-state index contributed by atoms with van der Waals surface area (Å²) in [4.78, 5) is 16.9. The van der Waals surface area contributed by atoms with E-state index in [1.165, 1.54) is 6.07 Å². The Kier molecular flexibility index (Phi) is 13.9. The third-order valence-corrected chi connectivity index (χ3v) is 6.39. The Hall–Kier alpha value is -2.20. The van der Waals surface area contributed by atoms with Crippen molar-refractivity contribution in [3.63, 3.8) is 0 Å². The number of nitrogens with zero attached hydrogens (tertiary/aromatic N) is 2. The third-order valence-electron chi connectivity index (χ3n) is 6.22. The zero-order valence-electron chi connectivity index (χ0n) is 21.8. The number of ether oxygens (including phenoxy) is 2. The molecule has 1 saturated heterocycles. The van der Waals surface area contributed by atoms with Crippen molar-refractivity contribution < 1.29 is 23.0 Å². The van der Waals surface area contributed by atoms with Gasteiger partial charge in [-0.2, -0.15) is 8.78 Å². The van der Waals surface area contributed by atoms with E-state index in [0.717, 1.165) is 68.7 Å². The molecule has 1 atom stereocenters. The van der Waals surface area contributed by atoms with Crippen molar-refractivity contribution in [3.05, 3.63) is 51.9 Å². The fourth-order valence-corrected chi connectivity index (χ4v) is 4.48. The van der Waals surface area contributed by atoms with Gasteiger partial charge in [0.05, 0.1) is 12.3 Å². The van der Waals surface area contributed by atoms with Gasteiger partial charge in [-0.25, -0.2) is 9.97 Å². The van der Waals surface area contributed by atoms with Crippen LogP contribution in [-0.2, 0) is 39.6 Å². The number of hydrogen-bond acceptors (Lipinski definition) is 7. The van der Waals surface area contributed by atoms with Gasteiger partial charge >= 0.3 is 0 Å². The quantitative estimate of drug-likeness (QED) is 0.233. The maximum Gasteiger partial charge on any atom is 0.298 e. The van der Waals surface area contributed by atoms with E-state index >= 15 is 0 Å². The highest BCUT2D eigenvalue weighted by Gasteiger charge is 2.43. The third kappa shape index (κ3) is 9.56. The van der Waals surface area contributed by atoms with Gasteiger partial charge in [-0.1, -0.05) is 31.5 Å². The number of aromatic nitrogens is 2. The zero-order valence-corrected chi connectivity index (χ0v) is 22.6. The van der Waals surface area contributed by atoms with Gasteiger partial charge < -0.3 is 24.9 Å². The Morgan fingerprint density at radius 2 is 2.03 bits per heavy atom. The Morgan fingerprint density at radius 3 is 2.73 bits per heavy atom. The van der Waals surface area contributed by atoms with E-state index in [9.17, 15) is 8.78 Å². The van der Waals surface area contributed by atoms with E-state index in [4.69, 9.17) is 25.9 Å². The number of benzene rings is 1. The van der Waals surface area contributed by atoms with Crippen LogP contribution >= 0.6 is 11.6 Å². The summed E-state index contributed by atoms with van der Waals surface area (Å²) >= 11 is 6.23. The first kappa shape index (κ1) is 31.0. The van der Waals surface area contributed by atoms with Crippen LogP contribution < -0.4 is 10.6 Å². The van der Waals surface area contributed by atoms with E-state index in [2.05, 4.69) is 27.5 Å². The van der Waals surface area contributed by atoms with Crippen LogP contribution in [0.3, 0.4) is 0 Å². The predicted molar refractivity (Wildman–Crippen MR) is 142 cm³/mol. The molecule has 1 aliphatic rings. The highest BCUT2D eigenvalue weighted by molar-refractivity contribution is 6.28. The maximum absolute atomic E-state index is 14.9. The van der Waals surface area contributed by atoms with Gasteiger partial charge in [0.25, 0.3) is 5.92 Å². The number of likely N-dealkylation sites (N-methyl/N-ethyl adjacent to an activating group) is 1. The number of aryl methyl sites for hydroxylation is 1. The summed E-state index contributed by atoms with van der Waals surface area (Å²) in [5.74, 6) is -2.35. The van der Waals surface area contributed by atoms with Crippen molar-refractivity contribution in [2.24, 2.45) is 0 Å². The molecule has 1 fully saturated rings. The second kappa shape index (κ2) is 16.6. The number of rotatable bonds is 15. The lowest BCUT2D eigenvalue weighted by molar-refractivity contribution is -0.122. The fourth-order valence-electron chi connectivity index (χ4n) is 4.30. The summed E-state index contributed by atoms with van der Waals surface area (Å²) in [5, 5.41) is 6.55. The molecule has 0 aliphatic carbocycles. The summed E-state index contributed by atoms with van der Waals surface area (Å²) in [6.45, 7) is 7.14. The molecular weight excluding hydrogens is 502 g/mol. The lowest BCUT2D eigenvalue weighted by Gasteiger charge is -2.23. The number of carbonyl (C=O) groups is 1. The van der Waals surface area contributed by atoms with Crippen LogP contribution in [0.2, 0.25) is 5.28 Å². The number of alkyl halides is 2. The minimum absolute atomic E-state index is 0.0178. The van der Waals surface area contributed by atoms with Crippen LogP contribution in [0.4, 0.5) is 14.6 Å². The van der Waals surface area contributed by atoms with Crippen molar-refractivity contribution in [2.75, 3.05) is 38.7 Å². The second-order valence-electron chi connectivity index (χ2n) is 8.83. The molecule has 206 valence electrons. The lowest BCUT2D eigenvalue weighted by Crippen LogP contribution is -2.30. The summed E-state index contributed by atoms with van der Waals surface area (Å²) in [5.41, 5.74) is 2.68. The smallest absolute Gasteiger partial charge is 0.298 e. The standard InChI is InChI=1S/C26H37ClF2N4O2.CH2O/c1-3-21-22(11-5-4-6-14-34-16-13-30-2)32-25(27)33-24(21)31-18-19-9-7-10-20(17-19)26(28,29)23-12-8-15-35-23;1-2/h7,9-10,17,23,30H,3-6,8,11-16,18H2,1-2H3,(H,31,32,33);1H2. The van der Waals surface area contributed by atoms with Crippen LogP contribution in [0, 0.1) is 0 Å². The molecule has 0 spiro atoms. The molecule has 1 aromatic heterocycles. The molecule has 10 heteroatoms. The number of carbonyl (C=O) groups excluding carboxylic acids is 1. The average molecular weight is 541 g/mol. The van der Waals surface area contributed by atoms with Crippen molar-refractivity contribution in [1.82, 2.24) is 15.3 Å². The molecule has 1 aromatic carbocycles. The minimum Gasteiger partial charge on any atom is -0.380 e. The van der Waals surface area contributed by atoms with Gasteiger partial charge in [0.1, 0.15) is 18.7 Å². The minimum atomic E-state index is -3.01. The molecule has 0 bridgehead atoms. The van der Waals surface area contributed by atoms with Crippen LogP contribution in [0.15, 0.2) is 24.3 Å². The van der Waals surface area contributed by atoms with Gasteiger partial charge in [0.15, 0.2) is 0 Å². The fraction of sp³-hybridized carbons (Fsp3) is 0.593. The first-order chi connectivity index (χ1) is 18.0. The van der Waals surface area contributed by atoms with Gasteiger partial charge in [0, 0.05) is 37.4 Å². The first-order valence-electron chi connectivity index (χ1n) is 12.8. The van der Waals surface area contributed by atoms with Crippen molar-refractivity contribution in [3.8, 4) is 0 Å². The Balaban J connectivity index is 0.00000235. The van der Waals surface area contributed by atoms with E-state index in [1.54, 1.807) is 12.1 Å². The van der Waals surface area contributed by atoms with Crippen molar-refractivity contribution in [1.29, 1.82) is 0 Å². The van der Waals surface area contributed by atoms with E-state index < -0.39 is 12.0 Å². The molecule has 2 heterocycles. The Bertz CT molecular complexity index is 946. The number of nitrogens with one attached hydrogen (secondary N) is 2. The lowest BCUT2D eigenvalue weighted by atomic mass is 9.99. The summed E-state index contributed by atoms with van der Waals surface area (Å²) < 4.78 is 40.6. The predicted octanol–water partition coefficient (Wildman–Crippen LogP) is 5.34. The van der Waals surface area contributed by atoms with Crippen LogP contribution in [0.5, 0.6) is 0 Å². The molecule has 2 aromatic rings. The SMILES string of the molecule is C=O.CCc1c(CCCCCOCCNC)nc(Cl)nc1NCc1cccc(C(F)(F)C2CCCO2)c1. The number of halogens is 3. The molecule has 37 heavy (non-hydrogen) atoms. The molecular formula is C27H39ClF2N4O3. The molecule has 0 saturated carbocycles. The number of unbranched alkanes of at least 4 members (excludes halogenated alkanes) is 2. The molecule has 0 amide bonds. The molecule has 2 N–H and O–H groups in total. The molecule has 7 nitrogen and oxygen atoms in total.